The van der Waals surface area contributed by atoms with Crippen LogP contribution < -0.4 is 9.47 Å². The summed E-state index contributed by atoms with van der Waals surface area (Å²) in [6.45, 7) is 0.542. The lowest BCUT2D eigenvalue weighted by Gasteiger charge is -2.16. The molecule has 1 aromatic carbocycles. The number of esters is 1. The van der Waals surface area contributed by atoms with Gasteiger partial charge >= 0.3 is 5.97 Å². The second-order valence-electron chi connectivity index (χ2n) is 3.27. The van der Waals surface area contributed by atoms with Crippen LogP contribution in [0.3, 0.4) is 0 Å². The molecule has 0 aromatic heterocycles. The summed E-state index contributed by atoms with van der Waals surface area (Å²) >= 11 is 0. The van der Waals surface area contributed by atoms with Crippen molar-refractivity contribution < 1.29 is 19.0 Å². The van der Waals surface area contributed by atoms with E-state index in [1.165, 1.54) is 0 Å². The Morgan fingerprint density at radius 1 is 1.14 bits per heavy atom. The van der Waals surface area contributed by atoms with Crippen molar-refractivity contribution in [2.24, 2.45) is 0 Å². The van der Waals surface area contributed by atoms with Gasteiger partial charge < -0.3 is 14.2 Å². The van der Waals surface area contributed by atoms with E-state index >= 15 is 0 Å². The molecule has 0 saturated heterocycles. The first-order valence-corrected chi connectivity index (χ1v) is 4.40. The minimum atomic E-state index is -0.184. The maximum Gasteiger partial charge on any atom is 0.310 e. The summed E-state index contributed by atoms with van der Waals surface area (Å²) in [5, 5.41) is 0. The van der Waals surface area contributed by atoms with Crippen molar-refractivity contribution in [1.82, 2.24) is 0 Å². The van der Waals surface area contributed by atoms with Crippen LogP contribution in [0, 0.1) is 0 Å². The molecule has 0 atom stereocenters. The second kappa shape index (κ2) is 2.64. The van der Waals surface area contributed by atoms with Crippen LogP contribution in [0.1, 0.15) is 11.1 Å². The standard InChI is InChI=1S/C10H8O4/c11-9-3-6-1-2-8-10(14-5-13-8)7(6)4-12-9/h1-2H,3-5H2. The predicted octanol–water partition coefficient (Wildman–Crippen LogP) is 1.01. The van der Waals surface area contributed by atoms with Crippen molar-refractivity contribution in [3.8, 4) is 11.5 Å². The van der Waals surface area contributed by atoms with Gasteiger partial charge in [-0.2, -0.15) is 0 Å². The summed E-state index contributed by atoms with van der Waals surface area (Å²) in [4.78, 5) is 11.0. The molecule has 0 aliphatic carbocycles. The zero-order chi connectivity index (χ0) is 9.54. The molecule has 0 N–H and O–H groups in total. The Bertz CT molecular complexity index is 411. The molecule has 0 amide bonds. The third-order valence-corrected chi connectivity index (χ3v) is 2.45. The summed E-state index contributed by atoms with van der Waals surface area (Å²) < 4.78 is 15.5. The normalized spacial score (nSPS) is 17.6. The molecule has 2 aliphatic heterocycles. The van der Waals surface area contributed by atoms with E-state index in [9.17, 15) is 4.79 Å². The highest BCUT2D eigenvalue weighted by Gasteiger charge is 2.25. The number of hydrogen-bond donors (Lipinski definition) is 0. The van der Waals surface area contributed by atoms with Gasteiger partial charge in [0.2, 0.25) is 6.79 Å². The van der Waals surface area contributed by atoms with E-state index < -0.39 is 0 Å². The van der Waals surface area contributed by atoms with Crippen LogP contribution in [-0.4, -0.2) is 12.8 Å². The van der Waals surface area contributed by atoms with E-state index in [2.05, 4.69) is 0 Å². The molecule has 0 fully saturated rings. The van der Waals surface area contributed by atoms with Gasteiger partial charge in [0, 0.05) is 5.56 Å². The van der Waals surface area contributed by atoms with Crippen molar-refractivity contribution in [2.75, 3.05) is 6.79 Å². The summed E-state index contributed by atoms with van der Waals surface area (Å²) in [5.74, 6) is 1.29. The molecular weight excluding hydrogens is 184 g/mol. The molecule has 0 unspecified atom stereocenters. The zero-order valence-corrected chi connectivity index (χ0v) is 7.41. The number of cyclic esters (lactones) is 1. The number of ether oxygens (including phenoxy) is 3. The molecule has 4 nitrogen and oxygen atoms in total. The molecule has 72 valence electrons. The van der Waals surface area contributed by atoms with Gasteiger partial charge in [0.15, 0.2) is 11.5 Å². The number of carbonyl (C=O) groups is 1. The van der Waals surface area contributed by atoms with Crippen LogP contribution in [0.4, 0.5) is 0 Å². The van der Waals surface area contributed by atoms with E-state index in [-0.39, 0.29) is 12.8 Å². The van der Waals surface area contributed by atoms with Gasteiger partial charge in [0.25, 0.3) is 0 Å². The van der Waals surface area contributed by atoms with E-state index in [4.69, 9.17) is 14.2 Å². The summed E-state index contributed by atoms with van der Waals surface area (Å²) in [6, 6.07) is 3.73. The first-order chi connectivity index (χ1) is 6.84. The highest BCUT2D eigenvalue weighted by Crippen LogP contribution is 2.39. The van der Waals surface area contributed by atoms with Gasteiger partial charge in [-0.25, -0.2) is 0 Å². The van der Waals surface area contributed by atoms with E-state index in [0.29, 0.717) is 13.0 Å². The lowest BCUT2D eigenvalue weighted by atomic mass is 10.0. The first kappa shape index (κ1) is 7.67. The number of hydrogen-bond acceptors (Lipinski definition) is 4. The van der Waals surface area contributed by atoms with Crippen LogP contribution in [0.2, 0.25) is 0 Å². The van der Waals surface area contributed by atoms with Crippen LogP contribution in [0.25, 0.3) is 0 Å². The Labute approximate surface area is 80.4 Å². The zero-order valence-electron chi connectivity index (χ0n) is 7.41. The predicted molar refractivity (Wildman–Crippen MR) is 46.1 cm³/mol. The van der Waals surface area contributed by atoms with Crippen LogP contribution in [0.15, 0.2) is 12.1 Å². The van der Waals surface area contributed by atoms with E-state index in [1.54, 1.807) is 0 Å². The molecule has 2 heterocycles. The maximum atomic E-state index is 11.0. The van der Waals surface area contributed by atoms with Crippen LogP contribution >= 0.6 is 0 Å². The largest absolute Gasteiger partial charge is 0.460 e. The van der Waals surface area contributed by atoms with Gasteiger partial charge in [0.05, 0.1) is 6.42 Å². The molecular formula is C10H8O4. The topological polar surface area (TPSA) is 44.8 Å². The fraction of sp³-hybridized carbons (Fsp3) is 0.300. The van der Waals surface area contributed by atoms with Crippen LogP contribution in [-0.2, 0) is 22.6 Å². The van der Waals surface area contributed by atoms with E-state index in [1.807, 2.05) is 12.1 Å². The fourth-order valence-electron chi connectivity index (χ4n) is 1.75. The molecule has 0 radical (unpaired) electrons. The summed E-state index contributed by atoms with van der Waals surface area (Å²) in [5.41, 5.74) is 1.92. The Hall–Kier alpha value is -1.71. The van der Waals surface area contributed by atoms with Gasteiger partial charge in [-0.15, -0.1) is 0 Å². The molecule has 3 rings (SSSR count). The number of benzene rings is 1. The molecule has 0 bridgehead atoms. The average Bonchev–Trinajstić information content (AvgIpc) is 2.65. The lowest BCUT2D eigenvalue weighted by Crippen LogP contribution is -2.16. The Balaban J connectivity index is 2.14. The Morgan fingerprint density at radius 2 is 2.07 bits per heavy atom. The Kier molecular flexibility index (Phi) is 1.45. The number of fused-ring (bicyclic) bond motifs is 3. The monoisotopic (exact) mass is 192 g/mol. The SMILES string of the molecule is O=C1Cc2ccc3c(c2CO1)OCO3. The lowest BCUT2D eigenvalue weighted by molar-refractivity contribution is -0.145. The first-order valence-electron chi connectivity index (χ1n) is 4.40. The number of carbonyl (C=O) groups excluding carboxylic acids is 1. The molecule has 14 heavy (non-hydrogen) atoms. The van der Waals surface area contributed by atoms with Gasteiger partial charge in [-0.3, -0.25) is 4.79 Å². The molecule has 1 aromatic rings. The Morgan fingerprint density at radius 3 is 3.00 bits per heavy atom. The van der Waals surface area contributed by atoms with Crippen molar-refractivity contribution in [2.45, 2.75) is 13.0 Å². The smallest absolute Gasteiger partial charge is 0.310 e. The third-order valence-electron chi connectivity index (χ3n) is 2.45. The number of rotatable bonds is 0. The summed E-state index contributed by atoms with van der Waals surface area (Å²) in [6.07, 6.45) is 0.325. The fourth-order valence-corrected chi connectivity index (χ4v) is 1.75. The minimum Gasteiger partial charge on any atom is -0.460 e. The molecule has 0 spiro atoms. The quantitative estimate of drug-likeness (QED) is 0.575. The average molecular weight is 192 g/mol. The molecule has 2 aliphatic rings. The van der Waals surface area contributed by atoms with Crippen LogP contribution in [0.5, 0.6) is 11.5 Å². The van der Waals surface area contributed by atoms with Gasteiger partial charge in [-0.1, -0.05) is 6.07 Å². The van der Waals surface area contributed by atoms with Crippen molar-refractivity contribution in [1.29, 1.82) is 0 Å². The van der Waals surface area contributed by atoms with Crippen molar-refractivity contribution in [3.63, 3.8) is 0 Å². The highest BCUT2D eigenvalue weighted by atomic mass is 16.7. The minimum absolute atomic E-state index is 0.184. The van der Waals surface area contributed by atoms with Crippen molar-refractivity contribution >= 4 is 5.97 Å². The summed E-state index contributed by atoms with van der Waals surface area (Å²) in [7, 11) is 0. The second-order valence-corrected chi connectivity index (χ2v) is 3.27. The van der Waals surface area contributed by atoms with Gasteiger partial charge in [0.1, 0.15) is 6.61 Å². The maximum absolute atomic E-state index is 11.0. The molecule has 4 heteroatoms. The van der Waals surface area contributed by atoms with Crippen molar-refractivity contribution in [3.05, 3.63) is 23.3 Å². The van der Waals surface area contributed by atoms with E-state index in [0.717, 1.165) is 22.6 Å². The third kappa shape index (κ3) is 0.968. The van der Waals surface area contributed by atoms with Gasteiger partial charge in [-0.05, 0) is 11.6 Å². The highest BCUT2D eigenvalue weighted by molar-refractivity contribution is 5.76. The molecule has 0 saturated carbocycles.